The zero-order valence-electron chi connectivity index (χ0n) is 14.9. The number of hydrogen-bond donors (Lipinski definition) is 1. The van der Waals surface area contributed by atoms with Gasteiger partial charge in [0.1, 0.15) is 0 Å². The molecule has 4 rings (SSSR count). The molecule has 4 aromatic rings. The highest BCUT2D eigenvalue weighted by molar-refractivity contribution is 7.92. The number of nitrogens with zero attached hydrogens (tertiary/aromatic N) is 3. The Balaban J connectivity index is 1.57. The Labute approximate surface area is 171 Å². The molecule has 2 heterocycles. The van der Waals surface area contributed by atoms with Crippen molar-refractivity contribution in [2.45, 2.75) is 11.3 Å². The first kappa shape index (κ1) is 18.9. The van der Waals surface area contributed by atoms with Crippen LogP contribution in [0.25, 0.3) is 10.7 Å². The monoisotopic (exact) mass is 422 g/mol. The molecule has 0 fully saturated rings. The third-order valence-electron chi connectivity index (χ3n) is 4.11. The van der Waals surface area contributed by atoms with Crippen molar-refractivity contribution >= 4 is 27.0 Å². The van der Waals surface area contributed by atoms with Crippen LogP contribution in [-0.2, 0) is 16.4 Å². The SMILES string of the molecule is N#Cc1ccc(S(=O)(=O)Nc2ccccc2Cc2nc(-c3cccs3)no2)cc1. The molecule has 0 saturated heterocycles. The number of sulfonamides is 1. The van der Waals surface area contributed by atoms with Gasteiger partial charge >= 0.3 is 0 Å². The van der Waals surface area contributed by atoms with Crippen LogP contribution in [0.5, 0.6) is 0 Å². The summed E-state index contributed by atoms with van der Waals surface area (Å²) in [6, 6.07) is 18.5. The van der Waals surface area contributed by atoms with Crippen molar-refractivity contribution in [2.75, 3.05) is 4.72 Å². The van der Waals surface area contributed by atoms with Crippen molar-refractivity contribution < 1.29 is 12.9 Å². The molecule has 0 amide bonds. The molecule has 1 N–H and O–H groups in total. The Bertz CT molecular complexity index is 1270. The normalized spacial score (nSPS) is 11.1. The molecule has 29 heavy (non-hydrogen) atoms. The molecular formula is C20H14N4O3S2. The van der Waals surface area contributed by atoms with Crippen LogP contribution in [0.15, 0.2) is 75.5 Å². The maximum atomic E-state index is 12.7. The van der Waals surface area contributed by atoms with Gasteiger partial charge in [-0.2, -0.15) is 10.2 Å². The van der Waals surface area contributed by atoms with Gasteiger partial charge in [-0.15, -0.1) is 11.3 Å². The number of thiophene rings is 1. The van der Waals surface area contributed by atoms with E-state index < -0.39 is 10.0 Å². The number of rotatable bonds is 6. The van der Waals surface area contributed by atoms with Crippen LogP contribution in [0.4, 0.5) is 5.69 Å². The van der Waals surface area contributed by atoms with Crippen molar-refractivity contribution in [1.82, 2.24) is 10.1 Å². The third kappa shape index (κ3) is 4.18. The standard InChI is InChI=1S/C20H14N4O3S2/c21-13-14-7-9-16(10-8-14)29(25,26)24-17-5-2-1-4-15(17)12-19-22-20(23-27-19)18-6-3-11-28-18/h1-11,24H,12H2. The van der Waals surface area contributed by atoms with Gasteiger partial charge in [0.15, 0.2) is 0 Å². The maximum absolute atomic E-state index is 12.7. The largest absolute Gasteiger partial charge is 0.339 e. The van der Waals surface area contributed by atoms with E-state index in [4.69, 9.17) is 9.78 Å². The number of anilines is 1. The summed E-state index contributed by atoms with van der Waals surface area (Å²) in [6.07, 6.45) is 0.282. The Hall–Kier alpha value is -3.48. The lowest BCUT2D eigenvalue weighted by Crippen LogP contribution is -2.14. The average molecular weight is 422 g/mol. The van der Waals surface area contributed by atoms with Crippen LogP contribution in [0, 0.1) is 11.3 Å². The van der Waals surface area contributed by atoms with Gasteiger partial charge in [-0.05, 0) is 47.3 Å². The van der Waals surface area contributed by atoms with Crippen molar-refractivity contribution in [1.29, 1.82) is 5.26 Å². The first-order valence-corrected chi connectivity index (χ1v) is 10.9. The molecule has 0 aliphatic carbocycles. The van der Waals surface area contributed by atoms with E-state index in [0.29, 0.717) is 28.5 Å². The molecule has 0 aliphatic rings. The van der Waals surface area contributed by atoms with E-state index in [2.05, 4.69) is 14.9 Å². The van der Waals surface area contributed by atoms with E-state index in [0.717, 1.165) is 4.88 Å². The van der Waals surface area contributed by atoms with Crippen molar-refractivity contribution in [3.63, 3.8) is 0 Å². The summed E-state index contributed by atoms with van der Waals surface area (Å²) in [5.41, 5.74) is 1.51. The maximum Gasteiger partial charge on any atom is 0.261 e. The number of nitriles is 1. The summed E-state index contributed by atoms with van der Waals surface area (Å²) in [5.74, 6) is 0.893. The van der Waals surface area contributed by atoms with Gasteiger partial charge in [0.05, 0.1) is 33.5 Å². The number of hydrogen-bond acceptors (Lipinski definition) is 7. The fourth-order valence-corrected chi connectivity index (χ4v) is 4.43. The van der Waals surface area contributed by atoms with Gasteiger partial charge in [0.25, 0.3) is 10.0 Å². The second-order valence-electron chi connectivity index (χ2n) is 6.06. The van der Waals surface area contributed by atoms with Gasteiger partial charge in [0, 0.05) is 0 Å². The minimum absolute atomic E-state index is 0.0732. The van der Waals surface area contributed by atoms with Gasteiger partial charge in [-0.3, -0.25) is 4.72 Å². The van der Waals surface area contributed by atoms with Gasteiger partial charge in [0.2, 0.25) is 11.7 Å². The summed E-state index contributed by atoms with van der Waals surface area (Å²) < 4.78 is 33.4. The fourth-order valence-electron chi connectivity index (χ4n) is 2.68. The lowest BCUT2D eigenvalue weighted by molar-refractivity contribution is 0.386. The summed E-state index contributed by atoms with van der Waals surface area (Å²) in [6.45, 7) is 0. The van der Waals surface area contributed by atoms with Crippen molar-refractivity contribution in [3.05, 3.63) is 83.1 Å². The van der Waals surface area contributed by atoms with Crippen molar-refractivity contribution in [3.8, 4) is 16.8 Å². The van der Waals surface area contributed by atoms with Gasteiger partial charge in [-0.25, -0.2) is 8.42 Å². The molecule has 0 saturated carbocycles. The summed E-state index contributed by atoms with van der Waals surface area (Å²) in [5, 5.41) is 14.8. The number of nitrogens with one attached hydrogen (secondary N) is 1. The molecule has 0 atom stereocenters. The first-order valence-electron chi connectivity index (χ1n) is 8.52. The molecular weight excluding hydrogens is 408 g/mol. The molecule has 0 unspecified atom stereocenters. The molecule has 0 bridgehead atoms. The van der Waals surface area contributed by atoms with Crippen LogP contribution in [0.3, 0.4) is 0 Å². The Morgan fingerprint density at radius 3 is 2.59 bits per heavy atom. The molecule has 0 radical (unpaired) electrons. The minimum atomic E-state index is -3.81. The van der Waals surface area contributed by atoms with E-state index in [1.54, 1.807) is 18.2 Å². The highest BCUT2D eigenvalue weighted by atomic mass is 32.2. The number of para-hydroxylation sites is 1. The molecule has 0 spiro atoms. The highest BCUT2D eigenvalue weighted by Crippen LogP contribution is 2.25. The summed E-state index contributed by atoms with van der Waals surface area (Å²) in [4.78, 5) is 5.36. The third-order valence-corrected chi connectivity index (χ3v) is 6.35. The van der Waals surface area contributed by atoms with Crippen LogP contribution in [-0.4, -0.2) is 18.6 Å². The fraction of sp³-hybridized carbons (Fsp3) is 0.0500. The van der Waals surface area contributed by atoms with Crippen LogP contribution in [0.2, 0.25) is 0 Å². The van der Waals surface area contributed by atoms with Crippen LogP contribution < -0.4 is 4.72 Å². The number of benzene rings is 2. The van der Waals surface area contributed by atoms with Crippen LogP contribution in [0.1, 0.15) is 17.0 Å². The highest BCUT2D eigenvalue weighted by Gasteiger charge is 2.17. The second kappa shape index (κ2) is 7.87. The van der Waals surface area contributed by atoms with E-state index >= 15 is 0 Å². The van der Waals surface area contributed by atoms with Crippen LogP contribution >= 0.6 is 11.3 Å². The van der Waals surface area contributed by atoms with Gasteiger partial charge < -0.3 is 4.52 Å². The van der Waals surface area contributed by atoms with E-state index in [9.17, 15) is 8.42 Å². The molecule has 9 heteroatoms. The Kier molecular flexibility index (Phi) is 5.12. The molecule has 144 valence electrons. The zero-order chi connectivity index (χ0) is 20.3. The lowest BCUT2D eigenvalue weighted by Gasteiger charge is -2.11. The lowest BCUT2D eigenvalue weighted by atomic mass is 10.1. The Morgan fingerprint density at radius 1 is 1.07 bits per heavy atom. The zero-order valence-corrected chi connectivity index (χ0v) is 16.6. The van der Waals surface area contributed by atoms with E-state index in [1.807, 2.05) is 29.6 Å². The molecule has 7 nitrogen and oxygen atoms in total. The predicted octanol–water partition coefficient (Wildman–Crippen LogP) is 4.06. The number of aromatic nitrogens is 2. The molecule has 2 aromatic heterocycles. The van der Waals surface area contributed by atoms with Gasteiger partial charge in [-0.1, -0.05) is 29.4 Å². The minimum Gasteiger partial charge on any atom is -0.339 e. The quantitative estimate of drug-likeness (QED) is 0.502. The summed E-state index contributed by atoms with van der Waals surface area (Å²) >= 11 is 1.51. The predicted molar refractivity (Wildman–Crippen MR) is 109 cm³/mol. The Morgan fingerprint density at radius 2 is 1.86 bits per heavy atom. The molecule has 2 aromatic carbocycles. The second-order valence-corrected chi connectivity index (χ2v) is 8.69. The average Bonchev–Trinajstić information content (AvgIpc) is 3.41. The smallest absolute Gasteiger partial charge is 0.261 e. The summed E-state index contributed by atoms with van der Waals surface area (Å²) in [7, 11) is -3.81. The van der Waals surface area contributed by atoms with E-state index in [1.165, 1.54) is 35.6 Å². The van der Waals surface area contributed by atoms with E-state index in [-0.39, 0.29) is 11.3 Å². The van der Waals surface area contributed by atoms with Crippen molar-refractivity contribution in [2.24, 2.45) is 0 Å². The molecule has 0 aliphatic heterocycles. The topological polar surface area (TPSA) is 109 Å². The first-order chi connectivity index (χ1) is 14.0.